The van der Waals surface area contributed by atoms with Crippen LogP contribution in [0.2, 0.25) is 0 Å². The van der Waals surface area contributed by atoms with Crippen LogP contribution in [-0.4, -0.2) is 24.9 Å². The number of nitrogens with two attached hydrogens (primary N) is 1. The molecule has 7 nitrogen and oxygen atoms in total. The Kier molecular flexibility index (Phi) is 3.22. The Balaban J connectivity index is 1.69. The molecular weight excluding hydrogens is 284 g/mol. The van der Waals surface area contributed by atoms with Gasteiger partial charge in [0, 0.05) is 18.0 Å². The number of hydrogen-bond donors (Lipinski definition) is 1. The summed E-state index contributed by atoms with van der Waals surface area (Å²) in [5, 5.41) is 16.3. The first-order valence-electron chi connectivity index (χ1n) is 5.37. The van der Waals surface area contributed by atoms with Crippen LogP contribution < -0.4 is 5.73 Å². The Morgan fingerprint density at radius 1 is 1.47 bits per heavy atom. The Labute approximate surface area is 116 Å². The minimum Gasteiger partial charge on any atom is -0.368 e. The van der Waals surface area contributed by atoms with E-state index >= 15 is 0 Å². The molecule has 0 aliphatic heterocycles. The minimum atomic E-state index is 0.381. The molecule has 0 aliphatic carbocycles. The van der Waals surface area contributed by atoms with Crippen LogP contribution in [0.4, 0.5) is 5.95 Å². The number of nitrogens with zero attached hydrogens (tertiary/aromatic N) is 5. The summed E-state index contributed by atoms with van der Waals surface area (Å²) < 4.78 is 6.90. The summed E-state index contributed by atoms with van der Waals surface area (Å²) >= 11 is 3.04. The summed E-state index contributed by atoms with van der Waals surface area (Å²) in [6.45, 7) is 0. The number of thioether (sulfide) groups is 1. The highest BCUT2D eigenvalue weighted by molar-refractivity contribution is 7.98. The van der Waals surface area contributed by atoms with Crippen molar-refractivity contribution in [3.63, 3.8) is 0 Å². The van der Waals surface area contributed by atoms with Gasteiger partial charge < -0.3 is 10.3 Å². The maximum atomic E-state index is 5.60. The van der Waals surface area contributed by atoms with E-state index in [0.717, 1.165) is 5.56 Å². The van der Waals surface area contributed by atoms with Gasteiger partial charge in [-0.25, -0.2) is 0 Å². The second-order valence-corrected chi connectivity index (χ2v) is 5.43. The lowest BCUT2D eigenvalue weighted by atomic mass is 10.3. The molecule has 0 fully saturated rings. The molecule has 3 aromatic rings. The predicted molar refractivity (Wildman–Crippen MR) is 72.6 cm³/mol. The molecule has 0 saturated carbocycles. The zero-order chi connectivity index (χ0) is 13.2. The first-order valence-corrected chi connectivity index (χ1v) is 7.29. The summed E-state index contributed by atoms with van der Waals surface area (Å²) in [7, 11) is 1.81. The summed E-state index contributed by atoms with van der Waals surface area (Å²) in [4.78, 5) is 4.32. The highest BCUT2D eigenvalue weighted by Crippen LogP contribution is 2.23. The predicted octanol–water partition coefficient (Wildman–Crippen LogP) is 1.80. The number of thiophene rings is 1. The average Bonchev–Trinajstić information content (AvgIpc) is 3.11. The van der Waals surface area contributed by atoms with Gasteiger partial charge in [0.15, 0.2) is 5.16 Å². The molecule has 0 amide bonds. The number of anilines is 1. The second kappa shape index (κ2) is 5.02. The second-order valence-electron chi connectivity index (χ2n) is 3.71. The van der Waals surface area contributed by atoms with E-state index in [0.29, 0.717) is 28.6 Å². The van der Waals surface area contributed by atoms with E-state index < -0.39 is 0 Å². The number of hydrogen-bond acceptors (Lipinski definition) is 8. The van der Waals surface area contributed by atoms with Crippen molar-refractivity contribution < 1.29 is 4.52 Å². The standard InChI is InChI=1S/C10H10N6OS2/c1-16-9(11)13-14-10(16)19-5-7-12-8(15-17-7)6-2-3-18-4-6/h2-4H,5H2,1H3,(H2,11,13). The van der Waals surface area contributed by atoms with E-state index in [1.807, 2.05) is 23.9 Å². The van der Waals surface area contributed by atoms with Crippen LogP contribution in [0.1, 0.15) is 5.89 Å². The number of aromatic nitrogens is 5. The molecule has 0 spiro atoms. The first kappa shape index (κ1) is 12.2. The van der Waals surface area contributed by atoms with Crippen molar-refractivity contribution in [1.29, 1.82) is 0 Å². The van der Waals surface area contributed by atoms with Gasteiger partial charge in [0.1, 0.15) is 0 Å². The minimum absolute atomic E-state index is 0.381. The third-order valence-electron chi connectivity index (χ3n) is 2.44. The van der Waals surface area contributed by atoms with Gasteiger partial charge in [-0.15, -0.1) is 10.2 Å². The van der Waals surface area contributed by atoms with E-state index in [1.54, 1.807) is 15.9 Å². The van der Waals surface area contributed by atoms with Crippen molar-refractivity contribution in [2.75, 3.05) is 5.73 Å². The molecule has 0 atom stereocenters. The van der Waals surface area contributed by atoms with Crippen LogP contribution in [0, 0.1) is 0 Å². The quantitative estimate of drug-likeness (QED) is 0.733. The molecule has 0 aliphatic rings. The van der Waals surface area contributed by atoms with Crippen LogP contribution in [0.3, 0.4) is 0 Å². The maximum Gasteiger partial charge on any atom is 0.237 e. The summed E-state index contributed by atoms with van der Waals surface area (Å²) in [6.07, 6.45) is 0. The molecule has 0 radical (unpaired) electrons. The molecule has 98 valence electrons. The average molecular weight is 294 g/mol. The van der Waals surface area contributed by atoms with Gasteiger partial charge in [0.25, 0.3) is 0 Å². The van der Waals surface area contributed by atoms with Crippen LogP contribution in [-0.2, 0) is 12.8 Å². The number of rotatable bonds is 4. The topological polar surface area (TPSA) is 95.7 Å². The normalized spacial score (nSPS) is 11.0. The van der Waals surface area contributed by atoms with Gasteiger partial charge in [-0.3, -0.25) is 4.57 Å². The zero-order valence-corrected chi connectivity index (χ0v) is 11.6. The first-order chi connectivity index (χ1) is 9.24. The van der Waals surface area contributed by atoms with E-state index in [9.17, 15) is 0 Å². The van der Waals surface area contributed by atoms with Crippen molar-refractivity contribution in [2.24, 2.45) is 7.05 Å². The third-order valence-corrected chi connectivity index (χ3v) is 4.13. The van der Waals surface area contributed by atoms with Crippen molar-refractivity contribution in [3.05, 3.63) is 22.7 Å². The third kappa shape index (κ3) is 2.47. The van der Waals surface area contributed by atoms with Crippen molar-refractivity contribution >= 4 is 29.0 Å². The molecule has 0 bridgehead atoms. The lowest BCUT2D eigenvalue weighted by Crippen LogP contribution is -1.98. The Morgan fingerprint density at radius 2 is 2.37 bits per heavy atom. The largest absolute Gasteiger partial charge is 0.368 e. The van der Waals surface area contributed by atoms with E-state index in [-0.39, 0.29) is 0 Å². The molecule has 3 rings (SSSR count). The van der Waals surface area contributed by atoms with Crippen molar-refractivity contribution in [2.45, 2.75) is 10.9 Å². The molecule has 0 unspecified atom stereocenters. The van der Waals surface area contributed by atoms with Gasteiger partial charge in [-0.2, -0.15) is 16.3 Å². The molecule has 3 aromatic heterocycles. The van der Waals surface area contributed by atoms with Crippen molar-refractivity contribution in [3.8, 4) is 11.4 Å². The van der Waals surface area contributed by atoms with E-state index in [1.165, 1.54) is 11.8 Å². The Bertz CT molecular complexity index is 674. The van der Waals surface area contributed by atoms with Crippen LogP contribution in [0.15, 0.2) is 26.5 Å². The van der Waals surface area contributed by atoms with Gasteiger partial charge in [-0.1, -0.05) is 16.9 Å². The fourth-order valence-electron chi connectivity index (χ4n) is 1.40. The zero-order valence-electron chi connectivity index (χ0n) is 9.98. The van der Waals surface area contributed by atoms with Gasteiger partial charge in [0.2, 0.25) is 17.7 Å². The van der Waals surface area contributed by atoms with Gasteiger partial charge in [-0.05, 0) is 11.4 Å². The lowest BCUT2D eigenvalue weighted by Gasteiger charge is -1.97. The maximum absolute atomic E-state index is 5.60. The molecule has 0 saturated heterocycles. The van der Waals surface area contributed by atoms with Crippen molar-refractivity contribution in [1.82, 2.24) is 24.9 Å². The van der Waals surface area contributed by atoms with Gasteiger partial charge >= 0.3 is 0 Å². The molecule has 0 aromatic carbocycles. The highest BCUT2D eigenvalue weighted by Gasteiger charge is 2.12. The molecule has 3 heterocycles. The van der Waals surface area contributed by atoms with Gasteiger partial charge in [0.05, 0.1) is 5.75 Å². The summed E-state index contributed by atoms with van der Waals surface area (Å²) in [5.74, 6) is 2.07. The molecule has 19 heavy (non-hydrogen) atoms. The monoisotopic (exact) mass is 294 g/mol. The Hall–Kier alpha value is -1.87. The smallest absolute Gasteiger partial charge is 0.237 e. The SMILES string of the molecule is Cn1c(N)nnc1SCc1nc(-c2ccsc2)no1. The fraction of sp³-hybridized carbons (Fsp3) is 0.200. The molecule has 2 N–H and O–H groups in total. The Morgan fingerprint density at radius 3 is 3.05 bits per heavy atom. The van der Waals surface area contributed by atoms with E-state index in [4.69, 9.17) is 10.3 Å². The highest BCUT2D eigenvalue weighted by atomic mass is 32.2. The molecular formula is C10H10N6OS2. The fourth-order valence-corrected chi connectivity index (χ4v) is 2.79. The van der Waals surface area contributed by atoms with Crippen LogP contribution in [0.5, 0.6) is 0 Å². The summed E-state index contributed by atoms with van der Waals surface area (Å²) in [6, 6.07) is 1.95. The number of nitrogen functional groups attached to an aromatic ring is 1. The molecule has 9 heteroatoms. The van der Waals surface area contributed by atoms with Crippen LogP contribution in [0.25, 0.3) is 11.4 Å². The van der Waals surface area contributed by atoms with E-state index in [2.05, 4.69) is 20.3 Å². The lowest BCUT2D eigenvalue weighted by molar-refractivity contribution is 0.391. The van der Waals surface area contributed by atoms with Crippen LogP contribution >= 0.6 is 23.1 Å². The summed E-state index contributed by atoms with van der Waals surface area (Å²) in [5.41, 5.74) is 6.57.